The molecule has 5 heteroatoms. The predicted octanol–water partition coefficient (Wildman–Crippen LogP) is 2.70. The standard InChI is InChI=1S/C16H23NO4/c1-11-6-7-14(9-12(11)2)17(8-4-5-15(18)19)10-13(3)16(20)21/h6-7,9,13H,4-5,8,10H2,1-3H3,(H,18,19)(H,20,21). The molecule has 5 nitrogen and oxygen atoms in total. The Morgan fingerprint density at radius 1 is 1.19 bits per heavy atom. The molecule has 0 radical (unpaired) electrons. The number of aryl methyl sites for hydroxylation is 2. The van der Waals surface area contributed by atoms with Crippen LogP contribution >= 0.6 is 0 Å². The van der Waals surface area contributed by atoms with Crippen LogP contribution in [0.5, 0.6) is 0 Å². The second-order valence-corrected chi connectivity index (χ2v) is 5.45. The van der Waals surface area contributed by atoms with E-state index in [0.29, 0.717) is 19.5 Å². The molecule has 2 N–H and O–H groups in total. The van der Waals surface area contributed by atoms with Crippen LogP contribution in [0.3, 0.4) is 0 Å². The van der Waals surface area contributed by atoms with Crippen molar-refractivity contribution in [2.75, 3.05) is 18.0 Å². The van der Waals surface area contributed by atoms with Crippen molar-refractivity contribution >= 4 is 17.6 Å². The van der Waals surface area contributed by atoms with Gasteiger partial charge in [0.2, 0.25) is 0 Å². The third-order valence-corrected chi connectivity index (χ3v) is 3.59. The highest BCUT2D eigenvalue weighted by atomic mass is 16.4. The monoisotopic (exact) mass is 293 g/mol. The number of hydrogen-bond acceptors (Lipinski definition) is 3. The van der Waals surface area contributed by atoms with Gasteiger partial charge in [-0.15, -0.1) is 0 Å². The Hall–Kier alpha value is -2.04. The molecule has 0 aliphatic carbocycles. The van der Waals surface area contributed by atoms with E-state index in [9.17, 15) is 9.59 Å². The van der Waals surface area contributed by atoms with Gasteiger partial charge in [0.25, 0.3) is 0 Å². The molecule has 0 aliphatic rings. The van der Waals surface area contributed by atoms with Crippen molar-refractivity contribution in [2.24, 2.45) is 5.92 Å². The van der Waals surface area contributed by atoms with Crippen LogP contribution in [0.25, 0.3) is 0 Å². The van der Waals surface area contributed by atoms with Gasteiger partial charge in [-0.25, -0.2) is 0 Å². The largest absolute Gasteiger partial charge is 0.481 e. The van der Waals surface area contributed by atoms with Crippen LogP contribution in [-0.4, -0.2) is 35.2 Å². The normalized spacial score (nSPS) is 12.0. The van der Waals surface area contributed by atoms with E-state index < -0.39 is 17.9 Å². The van der Waals surface area contributed by atoms with Crippen molar-refractivity contribution < 1.29 is 19.8 Å². The number of rotatable bonds is 8. The fraction of sp³-hybridized carbons (Fsp3) is 0.500. The van der Waals surface area contributed by atoms with Crippen molar-refractivity contribution in [1.82, 2.24) is 0 Å². The molecule has 1 rings (SSSR count). The molecule has 0 amide bonds. The van der Waals surface area contributed by atoms with Gasteiger partial charge < -0.3 is 15.1 Å². The molecule has 0 bridgehead atoms. The van der Waals surface area contributed by atoms with Crippen molar-refractivity contribution in [1.29, 1.82) is 0 Å². The Kier molecular flexibility index (Phi) is 6.21. The van der Waals surface area contributed by atoms with Gasteiger partial charge in [0.15, 0.2) is 0 Å². The van der Waals surface area contributed by atoms with Gasteiger partial charge in [-0.1, -0.05) is 13.0 Å². The number of benzene rings is 1. The summed E-state index contributed by atoms with van der Waals surface area (Å²) in [4.78, 5) is 23.6. The van der Waals surface area contributed by atoms with E-state index in [1.54, 1.807) is 6.92 Å². The van der Waals surface area contributed by atoms with Gasteiger partial charge >= 0.3 is 11.9 Å². The molecular formula is C16H23NO4. The SMILES string of the molecule is Cc1ccc(N(CCCC(=O)O)CC(C)C(=O)O)cc1C. The second-order valence-electron chi connectivity index (χ2n) is 5.45. The Bertz CT molecular complexity index is 513. The third kappa shape index (κ3) is 5.45. The van der Waals surface area contributed by atoms with Crippen LogP contribution in [0.4, 0.5) is 5.69 Å². The molecule has 116 valence electrons. The van der Waals surface area contributed by atoms with Crippen molar-refractivity contribution in [2.45, 2.75) is 33.6 Å². The summed E-state index contributed by atoms with van der Waals surface area (Å²) in [5.74, 6) is -2.18. The quantitative estimate of drug-likeness (QED) is 0.770. The molecule has 0 spiro atoms. The van der Waals surface area contributed by atoms with Crippen LogP contribution in [0.2, 0.25) is 0 Å². The Morgan fingerprint density at radius 3 is 2.38 bits per heavy atom. The highest BCUT2D eigenvalue weighted by Crippen LogP contribution is 2.20. The van der Waals surface area contributed by atoms with Crippen LogP contribution in [0.15, 0.2) is 18.2 Å². The van der Waals surface area contributed by atoms with Crippen LogP contribution in [0.1, 0.15) is 30.9 Å². The summed E-state index contributed by atoms with van der Waals surface area (Å²) >= 11 is 0. The van der Waals surface area contributed by atoms with Crippen molar-refractivity contribution in [3.05, 3.63) is 29.3 Å². The van der Waals surface area contributed by atoms with E-state index in [-0.39, 0.29) is 6.42 Å². The van der Waals surface area contributed by atoms with Gasteiger partial charge in [-0.3, -0.25) is 9.59 Å². The van der Waals surface area contributed by atoms with Gasteiger partial charge in [0.1, 0.15) is 0 Å². The Balaban J connectivity index is 2.85. The zero-order valence-electron chi connectivity index (χ0n) is 12.8. The lowest BCUT2D eigenvalue weighted by Crippen LogP contribution is -2.33. The lowest BCUT2D eigenvalue weighted by atomic mass is 10.1. The fourth-order valence-corrected chi connectivity index (χ4v) is 2.08. The molecule has 1 aromatic carbocycles. The number of hydrogen-bond donors (Lipinski definition) is 2. The van der Waals surface area contributed by atoms with Gasteiger partial charge in [0.05, 0.1) is 5.92 Å². The first-order chi connectivity index (χ1) is 9.81. The molecule has 1 atom stereocenters. The first-order valence-electron chi connectivity index (χ1n) is 7.08. The van der Waals surface area contributed by atoms with E-state index in [0.717, 1.165) is 11.3 Å². The van der Waals surface area contributed by atoms with Crippen LogP contribution in [-0.2, 0) is 9.59 Å². The third-order valence-electron chi connectivity index (χ3n) is 3.59. The summed E-state index contributed by atoms with van der Waals surface area (Å²) in [6.07, 6.45) is 0.581. The maximum atomic E-state index is 11.0. The Labute approximate surface area is 125 Å². The molecule has 0 aliphatic heterocycles. The van der Waals surface area contributed by atoms with E-state index in [1.807, 2.05) is 36.9 Å². The number of carbonyl (C=O) groups is 2. The minimum atomic E-state index is -0.845. The molecule has 0 saturated carbocycles. The molecule has 1 aromatic rings. The summed E-state index contributed by atoms with van der Waals surface area (Å²) in [6.45, 7) is 6.60. The zero-order valence-corrected chi connectivity index (χ0v) is 12.8. The number of carboxylic acids is 2. The minimum Gasteiger partial charge on any atom is -0.481 e. The van der Waals surface area contributed by atoms with Gasteiger partial charge in [-0.2, -0.15) is 0 Å². The summed E-state index contributed by atoms with van der Waals surface area (Å²) in [7, 11) is 0. The van der Waals surface area contributed by atoms with Crippen molar-refractivity contribution in [3.8, 4) is 0 Å². The molecule has 0 saturated heterocycles. The van der Waals surface area contributed by atoms with E-state index in [2.05, 4.69) is 0 Å². The molecule has 21 heavy (non-hydrogen) atoms. The maximum Gasteiger partial charge on any atom is 0.308 e. The summed E-state index contributed by atoms with van der Waals surface area (Å²) < 4.78 is 0. The van der Waals surface area contributed by atoms with Crippen LogP contribution in [0, 0.1) is 19.8 Å². The van der Waals surface area contributed by atoms with Gasteiger partial charge in [0, 0.05) is 25.2 Å². The molecular weight excluding hydrogens is 270 g/mol. The maximum absolute atomic E-state index is 11.0. The summed E-state index contributed by atoms with van der Waals surface area (Å²) in [5.41, 5.74) is 3.26. The van der Waals surface area contributed by atoms with Gasteiger partial charge in [-0.05, 0) is 43.5 Å². The first kappa shape index (κ1) is 17.0. The fourth-order valence-electron chi connectivity index (χ4n) is 2.08. The first-order valence-corrected chi connectivity index (χ1v) is 7.08. The summed E-state index contributed by atoms with van der Waals surface area (Å²) in [6, 6.07) is 5.97. The van der Waals surface area contributed by atoms with E-state index in [1.165, 1.54) is 5.56 Å². The molecule has 1 unspecified atom stereocenters. The lowest BCUT2D eigenvalue weighted by molar-refractivity contribution is -0.141. The average molecular weight is 293 g/mol. The summed E-state index contributed by atoms with van der Waals surface area (Å²) in [5, 5.41) is 17.8. The average Bonchev–Trinajstić information content (AvgIpc) is 2.40. The smallest absolute Gasteiger partial charge is 0.308 e. The number of aliphatic carboxylic acids is 2. The highest BCUT2D eigenvalue weighted by molar-refractivity contribution is 5.70. The molecule has 0 heterocycles. The minimum absolute atomic E-state index is 0.0861. The number of carboxylic acid groups (broad SMARTS) is 2. The van der Waals surface area contributed by atoms with Crippen molar-refractivity contribution in [3.63, 3.8) is 0 Å². The number of nitrogens with zero attached hydrogens (tertiary/aromatic N) is 1. The molecule has 0 aromatic heterocycles. The lowest BCUT2D eigenvalue weighted by Gasteiger charge is -2.27. The van der Waals surface area contributed by atoms with E-state index >= 15 is 0 Å². The highest BCUT2D eigenvalue weighted by Gasteiger charge is 2.17. The molecule has 0 fully saturated rings. The number of anilines is 1. The van der Waals surface area contributed by atoms with E-state index in [4.69, 9.17) is 10.2 Å². The zero-order chi connectivity index (χ0) is 16.0. The Morgan fingerprint density at radius 2 is 1.86 bits per heavy atom. The topological polar surface area (TPSA) is 77.8 Å². The van der Waals surface area contributed by atoms with Crippen LogP contribution < -0.4 is 4.90 Å². The predicted molar refractivity (Wildman–Crippen MR) is 81.8 cm³/mol. The second kappa shape index (κ2) is 7.67.